The van der Waals surface area contributed by atoms with Crippen molar-refractivity contribution in [2.75, 3.05) is 20.1 Å². The normalized spacial score (nSPS) is 28.2. The summed E-state index contributed by atoms with van der Waals surface area (Å²) in [5.41, 5.74) is 9.26. The summed E-state index contributed by atoms with van der Waals surface area (Å²) in [4.78, 5) is 6.88. The second kappa shape index (κ2) is 3.54. The van der Waals surface area contributed by atoms with Crippen LogP contribution in [0, 0.1) is 5.41 Å². The summed E-state index contributed by atoms with van der Waals surface area (Å²) in [7, 11) is 2.19. The summed E-state index contributed by atoms with van der Waals surface area (Å²) in [6.07, 6.45) is 5.39. The van der Waals surface area contributed by atoms with Crippen LogP contribution < -0.4 is 5.73 Å². The van der Waals surface area contributed by atoms with Gasteiger partial charge in [0.1, 0.15) is 0 Å². The van der Waals surface area contributed by atoms with E-state index in [0.29, 0.717) is 5.41 Å². The molecule has 1 saturated heterocycles. The number of nitrogens with two attached hydrogens (primary N) is 1. The van der Waals surface area contributed by atoms with E-state index >= 15 is 0 Å². The Morgan fingerprint density at radius 2 is 2.19 bits per heavy atom. The molecule has 0 aromatic carbocycles. The highest BCUT2D eigenvalue weighted by atomic mass is 15.1. The van der Waals surface area contributed by atoms with Crippen molar-refractivity contribution >= 4 is 0 Å². The first kappa shape index (κ1) is 10.2. The number of likely N-dealkylation sites (tertiary alicyclic amines) is 1. The van der Waals surface area contributed by atoms with Crippen molar-refractivity contribution in [3.63, 3.8) is 0 Å². The molecule has 1 spiro atoms. The number of rotatable bonds is 0. The van der Waals surface area contributed by atoms with Crippen LogP contribution in [0.3, 0.4) is 0 Å². The van der Waals surface area contributed by atoms with Crippen LogP contribution in [0.4, 0.5) is 0 Å². The van der Waals surface area contributed by atoms with Crippen LogP contribution in [0.25, 0.3) is 0 Å². The zero-order valence-corrected chi connectivity index (χ0v) is 9.82. The Kier molecular flexibility index (Phi) is 2.26. The quantitative estimate of drug-likeness (QED) is 0.713. The van der Waals surface area contributed by atoms with Gasteiger partial charge >= 0.3 is 0 Å². The van der Waals surface area contributed by atoms with Crippen LogP contribution in [0.1, 0.15) is 30.1 Å². The Morgan fingerprint density at radius 3 is 2.88 bits per heavy atom. The molecule has 16 heavy (non-hydrogen) atoms. The van der Waals surface area contributed by atoms with E-state index in [1.54, 1.807) is 0 Å². The Bertz CT molecular complexity index is 394. The van der Waals surface area contributed by atoms with Gasteiger partial charge in [0, 0.05) is 17.9 Å². The standard InChI is InChI=1S/C13H19N3/c1-16-7-4-13(5-8-16)9-11-10(12(13)14)3-2-6-15-11/h2-3,6,12H,4-5,7-9,14H2,1H3/t12-/m1/s1. The number of piperidine rings is 1. The summed E-state index contributed by atoms with van der Waals surface area (Å²) < 4.78 is 0. The predicted octanol–water partition coefficient (Wildman–Crippen LogP) is 1.35. The summed E-state index contributed by atoms with van der Waals surface area (Å²) in [6, 6.07) is 4.36. The number of hydrogen-bond donors (Lipinski definition) is 1. The van der Waals surface area contributed by atoms with Crippen LogP contribution in [-0.4, -0.2) is 30.0 Å². The molecule has 2 aliphatic rings. The van der Waals surface area contributed by atoms with Gasteiger partial charge in [0.25, 0.3) is 0 Å². The molecule has 2 heterocycles. The topological polar surface area (TPSA) is 42.2 Å². The zero-order valence-electron chi connectivity index (χ0n) is 9.82. The zero-order chi connectivity index (χ0) is 11.2. The van der Waals surface area contributed by atoms with Crippen LogP contribution in [0.15, 0.2) is 18.3 Å². The number of hydrogen-bond acceptors (Lipinski definition) is 3. The first-order valence-electron chi connectivity index (χ1n) is 6.09. The van der Waals surface area contributed by atoms with Crippen molar-refractivity contribution in [2.45, 2.75) is 25.3 Å². The van der Waals surface area contributed by atoms with E-state index in [1.165, 1.54) is 37.2 Å². The lowest BCUT2D eigenvalue weighted by Crippen LogP contribution is -2.42. The van der Waals surface area contributed by atoms with Gasteiger partial charge < -0.3 is 10.6 Å². The van der Waals surface area contributed by atoms with Gasteiger partial charge in [-0.15, -0.1) is 0 Å². The smallest absolute Gasteiger partial charge is 0.0457 e. The summed E-state index contributed by atoms with van der Waals surface area (Å²) >= 11 is 0. The fourth-order valence-corrected chi connectivity index (χ4v) is 3.21. The van der Waals surface area contributed by atoms with E-state index in [4.69, 9.17) is 5.73 Å². The molecular formula is C13H19N3. The van der Waals surface area contributed by atoms with E-state index < -0.39 is 0 Å². The molecule has 1 fully saturated rings. The van der Waals surface area contributed by atoms with E-state index in [1.807, 2.05) is 12.3 Å². The summed E-state index contributed by atoms with van der Waals surface area (Å²) in [5.74, 6) is 0. The third kappa shape index (κ3) is 1.39. The highest BCUT2D eigenvalue weighted by Gasteiger charge is 2.45. The molecule has 86 valence electrons. The molecule has 3 rings (SSSR count). The summed E-state index contributed by atoms with van der Waals surface area (Å²) in [6.45, 7) is 2.34. The molecule has 1 aliphatic carbocycles. The number of fused-ring (bicyclic) bond motifs is 1. The minimum Gasteiger partial charge on any atom is -0.323 e. The van der Waals surface area contributed by atoms with Crippen LogP contribution >= 0.6 is 0 Å². The lowest BCUT2D eigenvalue weighted by molar-refractivity contribution is 0.105. The maximum Gasteiger partial charge on any atom is 0.0457 e. The van der Waals surface area contributed by atoms with Crippen molar-refractivity contribution in [2.24, 2.45) is 11.1 Å². The van der Waals surface area contributed by atoms with Crippen LogP contribution in [-0.2, 0) is 6.42 Å². The van der Waals surface area contributed by atoms with Crippen LogP contribution in [0.2, 0.25) is 0 Å². The molecule has 0 saturated carbocycles. The first-order chi connectivity index (χ1) is 7.71. The molecule has 1 aromatic heterocycles. The van der Waals surface area contributed by atoms with Crippen molar-refractivity contribution in [1.82, 2.24) is 9.88 Å². The second-order valence-corrected chi connectivity index (χ2v) is 5.36. The van der Waals surface area contributed by atoms with Gasteiger partial charge in [-0.3, -0.25) is 4.98 Å². The fraction of sp³-hybridized carbons (Fsp3) is 0.615. The van der Waals surface area contributed by atoms with Gasteiger partial charge in [0.05, 0.1) is 0 Å². The third-order valence-electron chi connectivity index (χ3n) is 4.42. The predicted molar refractivity (Wildman–Crippen MR) is 64.0 cm³/mol. The van der Waals surface area contributed by atoms with Gasteiger partial charge in [-0.25, -0.2) is 0 Å². The monoisotopic (exact) mass is 217 g/mol. The second-order valence-electron chi connectivity index (χ2n) is 5.36. The molecule has 3 heteroatoms. The minimum absolute atomic E-state index is 0.199. The molecule has 0 unspecified atom stereocenters. The molecule has 0 bridgehead atoms. The minimum atomic E-state index is 0.199. The van der Waals surface area contributed by atoms with Gasteiger partial charge in [-0.2, -0.15) is 0 Å². The fourth-order valence-electron chi connectivity index (χ4n) is 3.21. The number of nitrogens with zero attached hydrogens (tertiary/aromatic N) is 2. The molecule has 1 atom stereocenters. The maximum atomic E-state index is 6.44. The Balaban J connectivity index is 1.91. The molecule has 0 radical (unpaired) electrons. The molecular weight excluding hydrogens is 198 g/mol. The lowest BCUT2D eigenvalue weighted by Gasteiger charge is -2.40. The molecule has 2 N–H and O–H groups in total. The van der Waals surface area contributed by atoms with Gasteiger partial charge in [0.2, 0.25) is 0 Å². The Morgan fingerprint density at radius 1 is 1.44 bits per heavy atom. The van der Waals surface area contributed by atoms with E-state index in [2.05, 4.69) is 23.0 Å². The Hall–Kier alpha value is -0.930. The van der Waals surface area contributed by atoms with E-state index in [-0.39, 0.29) is 6.04 Å². The average Bonchev–Trinajstić information content (AvgIpc) is 2.58. The summed E-state index contributed by atoms with van der Waals surface area (Å²) in [5, 5.41) is 0. The Labute approximate surface area is 96.7 Å². The maximum absolute atomic E-state index is 6.44. The van der Waals surface area contributed by atoms with E-state index in [0.717, 1.165) is 6.42 Å². The molecule has 1 aliphatic heterocycles. The van der Waals surface area contributed by atoms with Gasteiger partial charge in [-0.1, -0.05) is 6.07 Å². The molecule has 3 nitrogen and oxygen atoms in total. The van der Waals surface area contributed by atoms with Crippen molar-refractivity contribution < 1.29 is 0 Å². The number of pyridine rings is 1. The van der Waals surface area contributed by atoms with Crippen LogP contribution in [0.5, 0.6) is 0 Å². The number of aromatic nitrogens is 1. The van der Waals surface area contributed by atoms with E-state index in [9.17, 15) is 0 Å². The average molecular weight is 217 g/mol. The lowest BCUT2D eigenvalue weighted by atomic mass is 9.73. The largest absolute Gasteiger partial charge is 0.323 e. The van der Waals surface area contributed by atoms with Crippen molar-refractivity contribution in [1.29, 1.82) is 0 Å². The highest BCUT2D eigenvalue weighted by Crippen LogP contribution is 2.49. The van der Waals surface area contributed by atoms with Crippen molar-refractivity contribution in [3.05, 3.63) is 29.6 Å². The van der Waals surface area contributed by atoms with Gasteiger partial charge in [0.15, 0.2) is 0 Å². The first-order valence-corrected chi connectivity index (χ1v) is 6.09. The van der Waals surface area contributed by atoms with Gasteiger partial charge in [-0.05, 0) is 56.4 Å². The molecule has 1 aromatic rings. The third-order valence-corrected chi connectivity index (χ3v) is 4.42. The highest BCUT2D eigenvalue weighted by molar-refractivity contribution is 5.33. The SMILES string of the molecule is CN1CCC2(CC1)Cc1ncccc1[C@H]2N. The molecule has 0 amide bonds. The van der Waals surface area contributed by atoms with Crippen molar-refractivity contribution in [3.8, 4) is 0 Å².